The largest absolute Gasteiger partial charge is 0.372 e. The summed E-state index contributed by atoms with van der Waals surface area (Å²) in [5.74, 6) is -0.181. The SMILES string of the molecule is O=C(Nc1ccc(N2CCCC2)cc1)c1ccccn1. The third kappa shape index (κ3) is 2.79. The van der Waals surface area contributed by atoms with Crippen molar-refractivity contribution in [1.29, 1.82) is 0 Å². The predicted molar refractivity (Wildman–Crippen MR) is 80.1 cm³/mol. The molecule has 1 aliphatic rings. The van der Waals surface area contributed by atoms with Gasteiger partial charge in [0.15, 0.2) is 0 Å². The number of hydrogen-bond donors (Lipinski definition) is 1. The lowest BCUT2D eigenvalue weighted by molar-refractivity contribution is 0.102. The second-order valence-electron chi connectivity index (χ2n) is 4.91. The van der Waals surface area contributed by atoms with Crippen LogP contribution in [0.4, 0.5) is 11.4 Å². The zero-order valence-electron chi connectivity index (χ0n) is 11.2. The summed E-state index contributed by atoms with van der Waals surface area (Å²) in [6.45, 7) is 2.25. The molecule has 0 atom stereocenters. The predicted octanol–water partition coefficient (Wildman–Crippen LogP) is 2.93. The van der Waals surface area contributed by atoms with Gasteiger partial charge in [0, 0.05) is 30.7 Å². The van der Waals surface area contributed by atoms with E-state index in [1.807, 2.05) is 12.1 Å². The van der Waals surface area contributed by atoms with Crippen molar-refractivity contribution >= 4 is 17.3 Å². The molecule has 1 amide bonds. The van der Waals surface area contributed by atoms with E-state index in [9.17, 15) is 4.79 Å². The molecule has 1 saturated heterocycles. The summed E-state index contributed by atoms with van der Waals surface area (Å²) in [5.41, 5.74) is 2.44. The molecule has 1 aliphatic heterocycles. The maximum absolute atomic E-state index is 12.0. The van der Waals surface area contributed by atoms with E-state index < -0.39 is 0 Å². The first kappa shape index (κ1) is 12.7. The summed E-state index contributed by atoms with van der Waals surface area (Å²) in [7, 11) is 0. The molecular weight excluding hydrogens is 250 g/mol. The minimum atomic E-state index is -0.181. The lowest BCUT2D eigenvalue weighted by Gasteiger charge is -2.17. The topological polar surface area (TPSA) is 45.2 Å². The Morgan fingerprint density at radius 1 is 1.05 bits per heavy atom. The number of carbonyl (C=O) groups is 1. The molecule has 0 radical (unpaired) electrons. The van der Waals surface area contributed by atoms with Crippen LogP contribution in [0.5, 0.6) is 0 Å². The summed E-state index contributed by atoms with van der Waals surface area (Å²) >= 11 is 0. The van der Waals surface area contributed by atoms with Gasteiger partial charge in [0.25, 0.3) is 5.91 Å². The van der Waals surface area contributed by atoms with Crippen LogP contribution in [0.25, 0.3) is 0 Å². The second kappa shape index (κ2) is 5.74. The number of hydrogen-bond acceptors (Lipinski definition) is 3. The summed E-state index contributed by atoms with van der Waals surface area (Å²) in [6.07, 6.45) is 4.14. The lowest BCUT2D eigenvalue weighted by Crippen LogP contribution is -2.17. The summed E-state index contributed by atoms with van der Waals surface area (Å²) in [6, 6.07) is 13.3. The van der Waals surface area contributed by atoms with Gasteiger partial charge in [-0.3, -0.25) is 9.78 Å². The molecule has 1 aromatic heterocycles. The lowest BCUT2D eigenvalue weighted by atomic mass is 10.2. The Balaban J connectivity index is 1.67. The highest BCUT2D eigenvalue weighted by atomic mass is 16.1. The van der Waals surface area contributed by atoms with E-state index in [-0.39, 0.29) is 5.91 Å². The maximum atomic E-state index is 12.0. The number of rotatable bonds is 3. The molecule has 0 unspecified atom stereocenters. The van der Waals surface area contributed by atoms with Gasteiger partial charge < -0.3 is 10.2 Å². The summed E-state index contributed by atoms with van der Waals surface area (Å²) in [4.78, 5) is 18.4. The van der Waals surface area contributed by atoms with Gasteiger partial charge in [-0.2, -0.15) is 0 Å². The quantitative estimate of drug-likeness (QED) is 0.930. The number of anilines is 2. The Hall–Kier alpha value is -2.36. The summed E-state index contributed by atoms with van der Waals surface area (Å²) in [5, 5.41) is 2.86. The third-order valence-electron chi connectivity index (χ3n) is 3.49. The highest BCUT2D eigenvalue weighted by Gasteiger charge is 2.12. The number of pyridine rings is 1. The van der Waals surface area contributed by atoms with Crippen LogP contribution in [0.15, 0.2) is 48.7 Å². The fraction of sp³-hybridized carbons (Fsp3) is 0.250. The monoisotopic (exact) mass is 267 g/mol. The molecule has 1 fully saturated rings. The minimum absolute atomic E-state index is 0.181. The van der Waals surface area contributed by atoms with E-state index in [4.69, 9.17) is 0 Å². The molecule has 4 heteroatoms. The molecule has 20 heavy (non-hydrogen) atoms. The minimum Gasteiger partial charge on any atom is -0.372 e. The number of nitrogens with one attached hydrogen (secondary N) is 1. The molecular formula is C16H17N3O. The van der Waals surface area contributed by atoms with Gasteiger partial charge in [0.2, 0.25) is 0 Å². The number of carbonyl (C=O) groups excluding carboxylic acids is 1. The first-order valence-corrected chi connectivity index (χ1v) is 6.90. The van der Waals surface area contributed by atoms with Crippen LogP contribution in [-0.4, -0.2) is 24.0 Å². The van der Waals surface area contributed by atoms with E-state index >= 15 is 0 Å². The van der Waals surface area contributed by atoms with Crippen molar-refractivity contribution in [3.63, 3.8) is 0 Å². The number of benzene rings is 1. The zero-order chi connectivity index (χ0) is 13.8. The van der Waals surface area contributed by atoms with Crippen molar-refractivity contribution in [2.75, 3.05) is 23.3 Å². The second-order valence-corrected chi connectivity index (χ2v) is 4.91. The molecule has 0 saturated carbocycles. The van der Waals surface area contributed by atoms with Crippen molar-refractivity contribution < 1.29 is 4.79 Å². The molecule has 102 valence electrons. The van der Waals surface area contributed by atoms with Crippen LogP contribution in [0, 0.1) is 0 Å². The van der Waals surface area contributed by atoms with Gasteiger partial charge in [-0.1, -0.05) is 6.07 Å². The van der Waals surface area contributed by atoms with Crippen molar-refractivity contribution in [2.24, 2.45) is 0 Å². The van der Waals surface area contributed by atoms with Gasteiger partial charge >= 0.3 is 0 Å². The van der Waals surface area contributed by atoms with E-state index in [1.165, 1.54) is 18.5 Å². The van der Waals surface area contributed by atoms with E-state index in [1.54, 1.807) is 24.4 Å². The number of aromatic nitrogens is 1. The van der Waals surface area contributed by atoms with Gasteiger partial charge in [0.05, 0.1) is 0 Å². The first-order valence-electron chi connectivity index (χ1n) is 6.90. The van der Waals surface area contributed by atoms with Gasteiger partial charge in [-0.05, 0) is 49.2 Å². The van der Waals surface area contributed by atoms with Crippen molar-refractivity contribution in [3.8, 4) is 0 Å². The molecule has 2 aromatic rings. The van der Waals surface area contributed by atoms with Crippen LogP contribution in [-0.2, 0) is 0 Å². The Morgan fingerprint density at radius 2 is 1.80 bits per heavy atom. The summed E-state index contributed by atoms with van der Waals surface area (Å²) < 4.78 is 0. The molecule has 0 spiro atoms. The Kier molecular flexibility index (Phi) is 3.63. The van der Waals surface area contributed by atoms with Crippen molar-refractivity contribution in [2.45, 2.75) is 12.8 Å². The zero-order valence-corrected chi connectivity index (χ0v) is 11.2. The smallest absolute Gasteiger partial charge is 0.274 e. The van der Waals surface area contributed by atoms with Crippen LogP contribution in [0.1, 0.15) is 23.3 Å². The van der Waals surface area contributed by atoms with Crippen LogP contribution >= 0.6 is 0 Å². The number of nitrogens with zero attached hydrogens (tertiary/aromatic N) is 2. The Morgan fingerprint density at radius 3 is 2.45 bits per heavy atom. The molecule has 1 N–H and O–H groups in total. The molecule has 2 heterocycles. The van der Waals surface area contributed by atoms with Gasteiger partial charge in [-0.25, -0.2) is 0 Å². The molecule has 1 aromatic carbocycles. The average Bonchev–Trinajstić information content (AvgIpc) is 3.03. The Labute approximate surface area is 118 Å². The molecule has 3 rings (SSSR count). The van der Waals surface area contributed by atoms with Crippen LogP contribution in [0.2, 0.25) is 0 Å². The maximum Gasteiger partial charge on any atom is 0.274 e. The van der Waals surface area contributed by atoms with Crippen LogP contribution < -0.4 is 10.2 Å². The fourth-order valence-electron chi connectivity index (χ4n) is 2.42. The number of amides is 1. The van der Waals surface area contributed by atoms with Crippen LogP contribution in [0.3, 0.4) is 0 Å². The molecule has 0 aliphatic carbocycles. The van der Waals surface area contributed by atoms with Crippen molar-refractivity contribution in [1.82, 2.24) is 4.98 Å². The highest BCUT2D eigenvalue weighted by molar-refractivity contribution is 6.02. The molecule has 4 nitrogen and oxygen atoms in total. The standard InChI is InChI=1S/C16H17N3O/c20-16(15-5-1-2-10-17-15)18-13-6-8-14(9-7-13)19-11-3-4-12-19/h1-2,5-10H,3-4,11-12H2,(H,18,20). The van der Waals surface area contributed by atoms with Crippen molar-refractivity contribution in [3.05, 3.63) is 54.4 Å². The Bertz CT molecular complexity index is 574. The van der Waals surface area contributed by atoms with Gasteiger partial charge in [-0.15, -0.1) is 0 Å². The first-order chi connectivity index (χ1) is 9.83. The van der Waals surface area contributed by atoms with E-state index in [0.29, 0.717) is 5.69 Å². The van der Waals surface area contributed by atoms with Gasteiger partial charge in [0.1, 0.15) is 5.69 Å². The van der Waals surface area contributed by atoms with E-state index in [2.05, 4.69) is 27.3 Å². The average molecular weight is 267 g/mol. The van der Waals surface area contributed by atoms with E-state index in [0.717, 1.165) is 18.8 Å². The normalized spacial score (nSPS) is 14.3. The fourth-order valence-corrected chi connectivity index (χ4v) is 2.42. The molecule has 0 bridgehead atoms. The highest BCUT2D eigenvalue weighted by Crippen LogP contribution is 2.22. The third-order valence-corrected chi connectivity index (χ3v) is 3.49.